The predicted molar refractivity (Wildman–Crippen MR) is 104 cm³/mol. The van der Waals surface area contributed by atoms with Crippen molar-refractivity contribution in [1.82, 2.24) is 14.8 Å². The standard InChI is InChI=1S/C11H19ClFN4O13P3/c1-10(2,28-32(23,24)30-33(25,26)29-31(20,21)22)7-6(18)11(12,4-13)8(27-7)17-9(19)16-5(14)3-15-17/h3,6-8,18H,4H2,1-2H3,(H,23,24)(H,25,26)(H2,14,16,19)(H2,20,21,22)/t6?,7-,8+,11+/m0/s1. The minimum Gasteiger partial charge on any atom is -0.388 e. The van der Waals surface area contributed by atoms with Crippen molar-refractivity contribution in [2.75, 3.05) is 12.4 Å². The Balaban J connectivity index is 2.34. The molecule has 0 bridgehead atoms. The molecule has 1 aromatic heterocycles. The number of aromatic nitrogens is 3. The van der Waals surface area contributed by atoms with Crippen LogP contribution in [-0.2, 0) is 31.6 Å². The van der Waals surface area contributed by atoms with Gasteiger partial charge in [-0.05, 0) is 13.8 Å². The Kier molecular flexibility index (Phi) is 8.02. The molecule has 17 nitrogen and oxygen atoms in total. The molecule has 0 radical (unpaired) electrons. The Bertz CT molecular complexity index is 1100. The normalized spacial score (nSPS) is 30.0. The van der Waals surface area contributed by atoms with Crippen molar-refractivity contribution in [1.29, 1.82) is 0 Å². The maximum Gasteiger partial charge on any atom is 0.490 e. The molecule has 7 N–H and O–H groups in total. The number of alkyl halides is 2. The molecule has 1 aliphatic rings. The summed E-state index contributed by atoms with van der Waals surface area (Å²) in [6, 6.07) is 0. The Hall–Kier alpha value is -0.840. The van der Waals surface area contributed by atoms with E-state index < -0.39 is 64.7 Å². The minimum atomic E-state index is -5.84. The Morgan fingerprint density at radius 2 is 1.85 bits per heavy atom. The summed E-state index contributed by atoms with van der Waals surface area (Å²) in [7, 11) is -17.1. The molecule has 2 rings (SSSR count). The van der Waals surface area contributed by atoms with Gasteiger partial charge in [-0.1, -0.05) is 0 Å². The molecule has 1 fully saturated rings. The number of phosphoric acid groups is 3. The van der Waals surface area contributed by atoms with E-state index in [1.165, 1.54) is 0 Å². The predicted octanol–water partition coefficient (Wildman–Crippen LogP) is -0.452. The number of halogens is 2. The lowest BCUT2D eigenvalue weighted by molar-refractivity contribution is -0.121. The molecule has 2 heterocycles. The summed E-state index contributed by atoms with van der Waals surface area (Å²) < 4.78 is 66.1. The second-order valence-electron chi connectivity index (χ2n) is 7.11. The van der Waals surface area contributed by atoms with Crippen molar-refractivity contribution >= 4 is 40.9 Å². The number of aliphatic hydroxyl groups excluding tert-OH is 1. The molecule has 6 atom stereocenters. The summed E-state index contributed by atoms with van der Waals surface area (Å²) >= 11 is 6.15. The van der Waals surface area contributed by atoms with E-state index in [1.54, 1.807) is 0 Å². The first-order valence-corrected chi connectivity index (χ1v) is 13.3. The van der Waals surface area contributed by atoms with Crippen LogP contribution in [0.2, 0.25) is 0 Å². The Labute approximate surface area is 188 Å². The number of hydrogen-bond donors (Lipinski definition) is 6. The van der Waals surface area contributed by atoms with Crippen molar-refractivity contribution in [3.63, 3.8) is 0 Å². The lowest BCUT2D eigenvalue weighted by Gasteiger charge is -2.34. The molecule has 0 amide bonds. The van der Waals surface area contributed by atoms with E-state index in [2.05, 4.69) is 18.7 Å². The van der Waals surface area contributed by atoms with E-state index in [4.69, 9.17) is 36.4 Å². The lowest BCUT2D eigenvalue weighted by Crippen LogP contribution is -2.51. The molecular formula is C11H19ClFN4O13P3. The van der Waals surface area contributed by atoms with Gasteiger partial charge in [-0.2, -0.15) is 23.4 Å². The number of nitrogen functional groups attached to an aromatic ring is 1. The molecule has 1 aliphatic heterocycles. The van der Waals surface area contributed by atoms with Gasteiger partial charge < -0.3 is 35.2 Å². The third-order valence-electron chi connectivity index (χ3n) is 4.08. The molecule has 0 saturated carbocycles. The number of hydrogen-bond acceptors (Lipinski definition) is 12. The van der Waals surface area contributed by atoms with Gasteiger partial charge in [0.15, 0.2) is 6.23 Å². The molecule has 190 valence electrons. The maximum absolute atomic E-state index is 13.9. The van der Waals surface area contributed by atoms with E-state index >= 15 is 0 Å². The van der Waals surface area contributed by atoms with Gasteiger partial charge in [-0.25, -0.2) is 22.9 Å². The maximum atomic E-state index is 13.9. The second-order valence-corrected chi connectivity index (χ2v) is 12.2. The molecule has 22 heteroatoms. The smallest absolute Gasteiger partial charge is 0.388 e. The number of aliphatic hydroxyl groups is 1. The van der Waals surface area contributed by atoms with Crippen LogP contribution < -0.4 is 11.4 Å². The molecule has 1 saturated heterocycles. The van der Waals surface area contributed by atoms with Crippen LogP contribution in [0.15, 0.2) is 11.0 Å². The van der Waals surface area contributed by atoms with Gasteiger partial charge in [0.25, 0.3) is 0 Å². The zero-order valence-corrected chi connectivity index (χ0v) is 20.0. The molecule has 0 aromatic carbocycles. The average molecular weight is 563 g/mol. The number of anilines is 1. The highest BCUT2D eigenvalue weighted by molar-refractivity contribution is 7.66. The van der Waals surface area contributed by atoms with Gasteiger partial charge >= 0.3 is 29.2 Å². The van der Waals surface area contributed by atoms with Gasteiger partial charge in [-0.3, -0.25) is 4.52 Å². The van der Waals surface area contributed by atoms with Crippen LogP contribution in [-0.4, -0.2) is 68.8 Å². The Morgan fingerprint density at radius 1 is 1.27 bits per heavy atom. The van der Waals surface area contributed by atoms with Crippen LogP contribution in [0.1, 0.15) is 20.1 Å². The first-order chi connectivity index (χ1) is 14.7. The first kappa shape index (κ1) is 28.4. The third kappa shape index (κ3) is 6.64. The summed E-state index contributed by atoms with van der Waals surface area (Å²) in [4.78, 5) is 49.2. The van der Waals surface area contributed by atoms with E-state index in [0.717, 1.165) is 20.0 Å². The molecule has 0 aliphatic carbocycles. The fourth-order valence-electron chi connectivity index (χ4n) is 2.84. The summed E-state index contributed by atoms with van der Waals surface area (Å²) in [5.41, 5.74) is 1.99. The minimum absolute atomic E-state index is 0.292. The van der Waals surface area contributed by atoms with Crippen molar-refractivity contribution in [3.05, 3.63) is 16.7 Å². The highest BCUT2D eigenvalue weighted by atomic mass is 35.5. The fourth-order valence-corrected chi connectivity index (χ4v) is 6.44. The van der Waals surface area contributed by atoms with Crippen LogP contribution >= 0.6 is 35.1 Å². The van der Waals surface area contributed by atoms with E-state index in [0.29, 0.717) is 4.68 Å². The monoisotopic (exact) mass is 562 g/mol. The van der Waals surface area contributed by atoms with Gasteiger partial charge in [0.05, 0.1) is 6.20 Å². The lowest BCUT2D eigenvalue weighted by atomic mass is 9.91. The summed E-state index contributed by atoms with van der Waals surface area (Å²) in [5.74, 6) is -0.292. The van der Waals surface area contributed by atoms with E-state index in [1.807, 2.05) is 0 Å². The number of nitrogens with two attached hydrogens (primary N) is 1. The van der Waals surface area contributed by atoms with Gasteiger partial charge in [0, 0.05) is 0 Å². The highest BCUT2D eigenvalue weighted by Gasteiger charge is 2.62. The number of nitrogens with zero attached hydrogens (tertiary/aromatic N) is 3. The third-order valence-corrected chi connectivity index (χ3v) is 8.62. The van der Waals surface area contributed by atoms with Gasteiger partial charge in [0.2, 0.25) is 0 Å². The average Bonchev–Trinajstić information content (AvgIpc) is 2.83. The number of phosphoric ester groups is 1. The molecule has 33 heavy (non-hydrogen) atoms. The molecule has 0 spiro atoms. The van der Waals surface area contributed by atoms with Crippen LogP contribution in [0.5, 0.6) is 0 Å². The molecular weight excluding hydrogens is 544 g/mol. The van der Waals surface area contributed by atoms with Crippen LogP contribution in [0.3, 0.4) is 0 Å². The van der Waals surface area contributed by atoms with Gasteiger partial charge in [-0.15, -0.1) is 11.6 Å². The van der Waals surface area contributed by atoms with Crippen LogP contribution in [0.25, 0.3) is 0 Å². The zero-order chi connectivity index (χ0) is 25.6. The first-order valence-electron chi connectivity index (χ1n) is 8.37. The van der Waals surface area contributed by atoms with Crippen LogP contribution in [0.4, 0.5) is 10.2 Å². The van der Waals surface area contributed by atoms with Gasteiger partial charge in [0.1, 0.15) is 35.2 Å². The molecule has 1 aromatic rings. The van der Waals surface area contributed by atoms with Crippen molar-refractivity contribution in [3.8, 4) is 0 Å². The highest BCUT2D eigenvalue weighted by Crippen LogP contribution is 2.67. The summed E-state index contributed by atoms with van der Waals surface area (Å²) in [6.07, 6.45) is -4.81. The van der Waals surface area contributed by atoms with Crippen molar-refractivity contribution < 1.29 is 60.6 Å². The largest absolute Gasteiger partial charge is 0.490 e. The fraction of sp³-hybridized carbons (Fsp3) is 0.727. The van der Waals surface area contributed by atoms with Crippen molar-refractivity contribution in [2.24, 2.45) is 0 Å². The number of ether oxygens (including phenoxy) is 1. The zero-order valence-electron chi connectivity index (χ0n) is 16.5. The summed E-state index contributed by atoms with van der Waals surface area (Å²) in [5, 5.41) is 14.2. The molecule has 3 unspecified atom stereocenters. The number of rotatable bonds is 9. The quantitative estimate of drug-likeness (QED) is 0.164. The SMILES string of the molecule is CC(C)(OP(=O)(O)OP(=O)(O)OP(=O)(O)O)[C@H]1O[C@@H](n2ncc(N)nc2=O)[C@@](Cl)(CF)C1O. The van der Waals surface area contributed by atoms with E-state index in [9.17, 15) is 37.8 Å². The van der Waals surface area contributed by atoms with Crippen molar-refractivity contribution in [2.45, 2.75) is 42.8 Å². The summed E-state index contributed by atoms with van der Waals surface area (Å²) in [6.45, 7) is 0.448. The van der Waals surface area contributed by atoms with Crippen LogP contribution in [0, 0.1) is 0 Å². The van der Waals surface area contributed by atoms with E-state index in [-0.39, 0.29) is 5.82 Å². The second kappa shape index (κ2) is 9.32. The Morgan fingerprint density at radius 3 is 2.33 bits per heavy atom. The topological polar surface area (TPSA) is 263 Å².